The van der Waals surface area contributed by atoms with Crippen LogP contribution in [0.3, 0.4) is 0 Å². The van der Waals surface area contributed by atoms with E-state index in [2.05, 4.69) is 32.9 Å². The summed E-state index contributed by atoms with van der Waals surface area (Å²) in [6.07, 6.45) is 2.39. The van der Waals surface area contributed by atoms with Crippen LogP contribution in [0.2, 0.25) is 0 Å². The lowest BCUT2D eigenvalue weighted by Crippen LogP contribution is -2.07. The molecule has 1 aliphatic rings. The molecular weight excluding hydrogens is 368 g/mol. The van der Waals surface area contributed by atoms with Crippen LogP contribution in [0.25, 0.3) is 11.4 Å². The van der Waals surface area contributed by atoms with E-state index in [4.69, 9.17) is 4.98 Å². The molecule has 104 valence electrons. The third-order valence-corrected chi connectivity index (χ3v) is 4.35. The van der Waals surface area contributed by atoms with Crippen molar-refractivity contribution in [2.75, 3.05) is 11.9 Å². The molecule has 1 aromatic heterocycles. The average molecular weight is 383 g/mol. The van der Waals surface area contributed by atoms with Gasteiger partial charge in [-0.3, -0.25) is 0 Å². The summed E-state index contributed by atoms with van der Waals surface area (Å²) in [6, 6.07) is 6.34. The van der Waals surface area contributed by atoms with E-state index in [1.54, 1.807) is 12.1 Å². The van der Waals surface area contributed by atoms with Gasteiger partial charge in [0.05, 0.1) is 9.26 Å². The van der Waals surface area contributed by atoms with Crippen molar-refractivity contribution in [3.8, 4) is 11.4 Å². The van der Waals surface area contributed by atoms with Crippen LogP contribution in [-0.4, -0.2) is 16.5 Å². The lowest BCUT2D eigenvalue weighted by atomic mass is 10.2. The summed E-state index contributed by atoms with van der Waals surface area (Å²) in [4.78, 5) is 9.28. The minimum absolute atomic E-state index is 0.242. The molecule has 1 aromatic carbocycles. The fourth-order valence-electron chi connectivity index (χ4n) is 2.10. The maximum atomic E-state index is 13.0. The minimum atomic E-state index is -0.242. The highest BCUT2D eigenvalue weighted by Gasteiger charge is 2.29. The standard InChI is InChI=1S/C15H15FIN3/c1-2-18-15-12(17)13(9-3-4-9)19-14(20-15)10-5-7-11(16)8-6-10/h5-9H,2-4H2,1H3,(H,18,19,20). The van der Waals surface area contributed by atoms with Gasteiger partial charge in [-0.1, -0.05) is 0 Å². The van der Waals surface area contributed by atoms with E-state index < -0.39 is 0 Å². The molecule has 0 atom stereocenters. The van der Waals surface area contributed by atoms with E-state index >= 15 is 0 Å². The molecule has 0 bridgehead atoms. The molecule has 0 spiro atoms. The van der Waals surface area contributed by atoms with Gasteiger partial charge in [0, 0.05) is 18.0 Å². The summed E-state index contributed by atoms with van der Waals surface area (Å²) in [5.41, 5.74) is 1.97. The SMILES string of the molecule is CCNc1nc(-c2ccc(F)cc2)nc(C2CC2)c1I. The van der Waals surface area contributed by atoms with E-state index in [0.717, 1.165) is 27.2 Å². The van der Waals surface area contributed by atoms with Crippen LogP contribution in [0.1, 0.15) is 31.4 Å². The molecule has 1 heterocycles. The first-order valence-corrected chi connectivity index (χ1v) is 7.84. The molecule has 0 saturated heterocycles. The smallest absolute Gasteiger partial charge is 0.161 e. The Kier molecular flexibility index (Phi) is 3.87. The Morgan fingerprint density at radius 1 is 1.25 bits per heavy atom. The molecule has 0 unspecified atom stereocenters. The Bertz CT molecular complexity index is 624. The second-order valence-corrected chi connectivity index (χ2v) is 5.99. The number of aromatic nitrogens is 2. The van der Waals surface area contributed by atoms with Crippen LogP contribution >= 0.6 is 22.6 Å². The maximum absolute atomic E-state index is 13.0. The first-order valence-electron chi connectivity index (χ1n) is 6.76. The Morgan fingerprint density at radius 2 is 1.95 bits per heavy atom. The highest BCUT2D eigenvalue weighted by molar-refractivity contribution is 14.1. The molecule has 1 aliphatic carbocycles. The topological polar surface area (TPSA) is 37.8 Å². The van der Waals surface area contributed by atoms with Gasteiger partial charge in [-0.25, -0.2) is 14.4 Å². The second-order valence-electron chi connectivity index (χ2n) is 4.91. The van der Waals surface area contributed by atoms with Crippen molar-refractivity contribution < 1.29 is 4.39 Å². The number of nitrogens with zero attached hydrogens (tertiary/aromatic N) is 2. The van der Waals surface area contributed by atoms with Crippen LogP contribution in [0.15, 0.2) is 24.3 Å². The molecule has 20 heavy (non-hydrogen) atoms. The van der Waals surface area contributed by atoms with Crippen molar-refractivity contribution in [2.45, 2.75) is 25.7 Å². The molecule has 5 heteroatoms. The molecular formula is C15H15FIN3. The molecule has 1 fully saturated rings. The first-order chi connectivity index (χ1) is 9.69. The number of hydrogen-bond donors (Lipinski definition) is 1. The Labute approximate surface area is 131 Å². The van der Waals surface area contributed by atoms with E-state index in [-0.39, 0.29) is 5.82 Å². The quantitative estimate of drug-likeness (QED) is 0.805. The third kappa shape index (κ3) is 2.77. The number of rotatable bonds is 4. The molecule has 3 nitrogen and oxygen atoms in total. The monoisotopic (exact) mass is 383 g/mol. The Morgan fingerprint density at radius 3 is 2.55 bits per heavy atom. The van der Waals surface area contributed by atoms with Gasteiger partial charge in [-0.15, -0.1) is 0 Å². The van der Waals surface area contributed by atoms with Gasteiger partial charge in [-0.05, 0) is 66.6 Å². The van der Waals surface area contributed by atoms with Crippen LogP contribution in [0, 0.1) is 9.39 Å². The number of halogens is 2. The van der Waals surface area contributed by atoms with Crippen LogP contribution in [0.4, 0.5) is 10.2 Å². The molecule has 0 amide bonds. The van der Waals surface area contributed by atoms with Crippen LogP contribution in [-0.2, 0) is 0 Å². The van der Waals surface area contributed by atoms with E-state index in [1.807, 2.05) is 6.92 Å². The number of nitrogens with one attached hydrogen (secondary N) is 1. The van der Waals surface area contributed by atoms with Crippen molar-refractivity contribution in [1.29, 1.82) is 0 Å². The zero-order valence-electron chi connectivity index (χ0n) is 11.2. The normalized spacial score (nSPS) is 14.3. The van der Waals surface area contributed by atoms with Gasteiger partial charge >= 0.3 is 0 Å². The third-order valence-electron chi connectivity index (χ3n) is 3.29. The molecule has 0 radical (unpaired) electrons. The van der Waals surface area contributed by atoms with Crippen molar-refractivity contribution in [2.24, 2.45) is 0 Å². The zero-order valence-corrected chi connectivity index (χ0v) is 13.3. The number of hydrogen-bond acceptors (Lipinski definition) is 3. The summed E-state index contributed by atoms with van der Waals surface area (Å²) >= 11 is 2.31. The van der Waals surface area contributed by atoms with Crippen molar-refractivity contribution in [3.05, 3.63) is 39.3 Å². The highest BCUT2D eigenvalue weighted by Crippen LogP contribution is 2.42. The van der Waals surface area contributed by atoms with Crippen molar-refractivity contribution in [3.63, 3.8) is 0 Å². The van der Waals surface area contributed by atoms with Crippen molar-refractivity contribution >= 4 is 28.4 Å². The Hall–Kier alpha value is -1.24. The largest absolute Gasteiger partial charge is 0.369 e. The van der Waals surface area contributed by atoms with Crippen LogP contribution < -0.4 is 5.32 Å². The Balaban J connectivity index is 2.07. The molecule has 3 rings (SSSR count). The van der Waals surface area contributed by atoms with Crippen LogP contribution in [0.5, 0.6) is 0 Å². The molecule has 2 aromatic rings. The fourth-order valence-corrected chi connectivity index (χ4v) is 2.98. The van der Waals surface area contributed by atoms with Gasteiger partial charge in [0.2, 0.25) is 0 Å². The predicted molar refractivity (Wildman–Crippen MR) is 86.3 cm³/mol. The highest BCUT2D eigenvalue weighted by atomic mass is 127. The van der Waals surface area contributed by atoms with E-state index in [9.17, 15) is 4.39 Å². The van der Waals surface area contributed by atoms with Gasteiger partial charge < -0.3 is 5.32 Å². The van der Waals surface area contributed by atoms with Gasteiger partial charge in [-0.2, -0.15) is 0 Å². The average Bonchev–Trinajstić information content (AvgIpc) is 3.27. The lowest BCUT2D eigenvalue weighted by molar-refractivity contribution is 0.628. The summed E-state index contributed by atoms with van der Waals surface area (Å²) in [6.45, 7) is 2.87. The zero-order chi connectivity index (χ0) is 14.1. The predicted octanol–water partition coefficient (Wildman–Crippen LogP) is 4.20. The minimum Gasteiger partial charge on any atom is -0.369 e. The summed E-state index contributed by atoms with van der Waals surface area (Å²) in [5, 5.41) is 3.29. The summed E-state index contributed by atoms with van der Waals surface area (Å²) in [5.74, 6) is 1.86. The number of anilines is 1. The molecule has 1 saturated carbocycles. The maximum Gasteiger partial charge on any atom is 0.161 e. The summed E-state index contributed by atoms with van der Waals surface area (Å²) in [7, 11) is 0. The van der Waals surface area contributed by atoms with Gasteiger partial charge in [0.15, 0.2) is 5.82 Å². The lowest BCUT2D eigenvalue weighted by Gasteiger charge is -2.12. The molecule has 0 aliphatic heterocycles. The summed E-state index contributed by atoms with van der Waals surface area (Å²) < 4.78 is 14.1. The van der Waals surface area contributed by atoms with Gasteiger partial charge in [0.25, 0.3) is 0 Å². The first kappa shape index (κ1) is 13.7. The van der Waals surface area contributed by atoms with Gasteiger partial charge in [0.1, 0.15) is 11.6 Å². The second kappa shape index (κ2) is 5.63. The van der Waals surface area contributed by atoms with Crippen molar-refractivity contribution in [1.82, 2.24) is 9.97 Å². The van der Waals surface area contributed by atoms with E-state index in [1.165, 1.54) is 25.0 Å². The number of benzene rings is 1. The molecule has 1 N–H and O–H groups in total. The van der Waals surface area contributed by atoms with E-state index in [0.29, 0.717) is 11.7 Å². The fraction of sp³-hybridized carbons (Fsp3) is 0.333.